The third-order valence-corrected chi connectivity index (χ3v) is 20.7. The topological polar surface area (TPSA) is 237 Å². The van der Waals surface area contributed by atoms with Gasteiger partial charge in [0, 0.05) is 25.7 Å². The Morgan fingerprint density at radius 1 is 0.296 bits per heavy atom. The van der Waals surface area contributed by atoms with Crippen LogP contribution in [0.2, 0.25) is 0 Å². The Labute approximate surface area is 600 Å². The molecule has 0 saturated heterocycles. The molecule has 0 spiro atoms. The molecule has 6 atom stereocenters. The van der Waals surface area contributed by atoms with Gasteiger partial charge in [0.05, 0.1) is 26.4 Å². The van der Waals surface area contributed by atoms with E-state index in [2.05, 4.69) is 41.5 Å². The minimum atomic E-state index is -4.96. The van der Waals surface area contributed by atoms with Crippen molar-refractivity contribution in [1.29, 1.82) is 0 Å². The van der Waals surface area contributed by atoms with Crippen molar-refractivity contribution >= 4 is 39.5 Å². The molecular formula is C79H154O17P2. The fourth-order valence-corrected chi connectivity index (χ4v) is 13.7. The number of unbranched alkanes of at least 4 members (excludes halogenated alkanes) is 47. The zero-order valence-electron chi connectivity index (χ0n) is 64.1. The number of esters is 4. The lowest BCUT2D eigenvalue weighted by Gasteiger charge is -2.21. The van der Waals surface area contributed by atoms with Gasteiger partial charge in [-0.15, -0.1) is 0 Å². The highest BCUT2D eigenvalue weighted by Crippen LogP contribution is 2.45. The quantitative estimate of drug-likeness (QED) is 0.0222. The fourth-order valence-electron chi connectivity index (χ4n) is 12.2. The molecule has 0 fully saturated rings. The van der Waals surface area contributed by atoms with Gasteiger partial charge < -0.3 is 33.8 Å². The Morgan fingerprint density at radius 2 is 0.520 bits per heavy atom. The summed E-state index contributed by atoms with van der Waals surface area (Å²) in [4.78, 5) is 72.8. The lowest BCUT2D eigenvalue weighted by atomic mass is 9.99. The molecule has 0 bridgehead atoms. The molecule has 0 heterocycles. The first kappa shape index (κ1) is 96.1. The molecule has 582 valence electrons. The van der Waals surface area contributed by atoms with Gasteiger partial charge in [0.1, 0.15) is 19.3 Å². The first-order chi connectivity index (χ1) is 47.4. The van der Waals surface area contributed by atoms with Crippen molar-refractivity contribution in [1.82, 2.24) is 0 Å². The molecule has 0 saturated carbocycles. The van der Waals surface area contributed by atoms with Crippen LogP contribution in [0.4, 0.5) is 0 Å². The van der Waals surface area contributed by atoms with Crippen LogP contribution in [0.1, 0.15) is 414 Å². The van der Waals surface area contributed by atoms with Crippen molar-refractivity contribution in [3.63, 3.8) is 0 Å². The van der Waals surface area contributed by atoms with Crippen LogP contribution in [-0.4, -0.2) is 96.7 Å². The second-order valence-electron chi connectivity index (χ2n) is 29.2. The molecule has 0 amide bonds. The Kier molecular flexibility index (Phi) is 69.3. The van der Waals surface area contributed by atoms with Crippen molar-refractivity contribution < 1.29 is 80.2 Å². The highest BCUT2D eigenvalue weighted by molar-refractivity contribution is 7.47. The lowest BCUT2D eigenvalue weighted by Crippen LogP contribution is -2.30. The van der Waals surface area contributed by atoms with E-state index < -0.39 is 97.5 Å². The molecule has 98 heavy (non-hydrogen) atoms. The van der Waals surface area contributed by atoms with E-state index in [1.54, 1.807) is 0 Å². The van der Waals surface area contributed by atoms with Gasteiger partial charge in [-0.2, -0.15) is 0 Å². The van der Waals surface area contributed by atoms with Gasteiger partial charge in [0.2, 0.25) is 0 Å². The number of rotatable bonds is 78. The molecule has 3 N–H and O–H groups in total. The maximum atomic E-state index is 13.1. The van der Waals surface area contributed by atoms with E-state index in [0.717, 1.165) is 102 Å². The van der Waals surface area contributed by atoms with Crippen LogP contribution in [0.25, 0.3) is 0 Å². The Bertz CT molecular complexity index is 1890. The van der Waals surface area contributed by atoms with Gasteiger partial charge >= 0.3 is 39.5 Å². The molecule has 17 nitrogen and oxygen atoms in total. The molecule has 0 radical (unpaired) electrons. The largest absolute Gasteiger partial charge is 0.472 e. The predicted molar refractivity (Wildman–Crippen MR) is 400 cm³/mol. The second-order valence-corrected chi connectivity index (χ2v) is 32.1. The average molecular weight is 1440 g/mol. The van der Waals surface area contributed by atoms with Gasteiger partial charge in [0.25, 0.3) is 0 Å². The van der Waals surface area contributed by atoms with Crippen molar-refractivity contribution in [2.24, 2.45) is 11.8 Å². The van der Waals surface area contributed by atoms with Crippen molar-refractivity contribution in [2.45, 2.75) is 432 Å². The number of carbonyl (C=O) groups excluding carboxylic acids is 4. The summed E-state index contributed by atoms with van der Waals surface area (Å²) in [5, 5.41) is 10.6. The first-order valence-electron chi connectivity index (χ1n) is 41.0. The maximum Gasteiger partial charge on any atom is 0.472 e. The third kappa shape index (κ3) is 71.1. The van der Waals surface area contributed by atoms with E-state index >= 15 is 0 Å². The van der Waals surface area contributed by atoms with E-state index in [1.165, 1.54) is 225 Å². The van der Waals surface area contributed by atoms with Gasteiger partial charge in [-0.05, 0) is 37.5 Å². The van der Waals surface area contributed by atoms with E-state index in [-0.39, 0.29) is 25.7 Å². The smallest absolute Gasteiger partial charge is 0.462 e. The number of hydrogen-bond acceptors (Lipinski definition) is 15. The molecule has 3 unspecified atom stereocenters. The van der Waals surface area contributed by atoms with Crippen molar-refractivity contribution in [3.8, 4) is 0 Å². The second kappa shape index (κ2) is 70.7. The summed E-state index contributed by atoms with van der Waals surface area (Å²) in [6, 6.07) is 0. The third-order valence-electron chi connectivity index (χ3n) is 18.8. The number of carbonyl (C=O) groups is 4. The zero-order chi connectivity index (χ0) is 72.1. The molecular weight excluding hydrogens is 1280 g/mol. The molecule has 0 aliphatic carbocycles. The van der Waals surface area contributed by atoms with E-state index in [4.69, 9.17) is 37.0 Å². The molecule has 0 aromatic rings. The summed E-state index contributed by atoms with van der Waals surface area (Å²) in [6.07, 6.45) is 59.8. The number of phosphoric acid groups is 2. The minimum absolute atomic E-state index is 0.106. The number of ether oxygens (including phenoxy) is 4. The average Bonchev–Trinajstić information content (AvgIpc) is 1.20. The normalized spacial score (nSPS) is 14.2. The van der Waals surface area contributed by atoms with E-state index in [0.29, 0.717) is 31.6 Å². The van der Waals surface area contributed by atoms with Crippen LogP contribution >= 0.6 is 15.6 Å². The van der Waals surface area contributed by atoms with Crippen LogP contribution in [0.3, 0.4) is 0 Å². The monoisotopic (exact) mass is 1440 g/mol. The minimum Gasteiger partial charge on any atom is -0.462 e. The fraction of sp³-hybridized carbons (Fsp3) is 0.949. The molecule has 0 aromatic carbocycles. The standard InChI is InChI=1S/C79H154O17P2/c1-7-10-12-14-16-18-20-22-27-31-35-38-42-49-55-61-76(81)89-67-74(95-79(84)64-58-52-44-40-36-32-29-26-24-23-25-28-30-33-37-41-48-54-60-72(6)9-3)69-93-97(85,86)91-65-73(80)66-92-98(87,88)94-70-75(68-90-77(82)62-56-50-46-45-47-53-59-71(4)5)96-78(83)63-57-51-43-39-34-21-19-17-15-13-11-8-2/h71-75,80H,7-70H2,1-6H3,(H,85,86)(H,87,88)/t72?,73-,74-,75-/m1/s1. The Morgan fingerprint density at radius 3 is 0.776 bits per heavy atom. The first-order valence-corrected chi connectivity index (χ1v) is 44.0. The molecule has 0 aliphatic heterocycles. The van der Waals surface area contributed by atoms with Crippen LogP contribution in [0.5, 0.6) is 0 Å². The van der Waals surface area contributed by atoms with E-state index in [1.807, 2.05) is 0 Å². The molecule has 0 aliphatic rings. The number of hydrogen-bond donors (Lipinski definition) is 3. The SMILES string of the molecule is CCCCCCCCCCCCCCCCCC(=O)OC[C@H](COP(=O)(O)OC[C@@H](O)COP(=O)(O)OC[C@@H](COC(=O)CCCCCCCCC(C)C)OC(=O)CCCCCCCCCCCCCC)OC(=O)CCCCCCCCCCCCCCCCCCCCC(C)CC. The van der Waals surface area contributed by atoms with Crippen LogP contribution in [0.15, 0.2) is 0 Å². The molecule has 19 heteroatoms. The highest BCUT2D eigenvalue weighted by Gasteiger charge is 2.30. The van der Waals surface area contributed by atoms with E-state index in [9.17, 15) is 43.2 Å². The lowest BCUT2D eigenvalue weighted by molar-refractivity contribution is -0.161. The maximum absolute atomic E-state index is 13.1. The summed E-state index contributed by atoms with van der Waals surface area (Å²) in [5.41, 5.74) is 0. The van der Waals surface area contributed by atoms with Crippen LogP contribution in [0, 0.1) is 11.8 Å². The van der Waals surface area contributed by atoms with Gasteiger partial charge in [0.15, 0.2) is 12.2 Å². The van der Waals surface area contributed by atoms with Gasteiger partial charge in [-0.1, -0.05) is 363 Å². The number of aliphatic hydroxyl groups is 1. The Hall–Kier alpha value is -1.94. The number of phosphoric ester groups is 2. The predicted octanol–water partition coefficient (Wildman–Crippen LogP) is 23.5. The van der Waals surface area contributed by atoms with Gasteiger partial charge in [-0.25, -0.2) is 9.13 Å². The van der Waals surface area contributed by atoms with Crippen LogP contribution in [-0.2, 0) is 65.4 Å². The summed E-state index contributed by atoms with van der Waals surface area (Å²) >= 11 is 0. The zero-order valence-corrected chi connectivity index (χ0v) is 65.9. The summed E-state index contributed by atoms with van der Waals surface area (Å²) in [5.74, 6) is -0.562. The van der Waals surface area contributed by atoms with Crippen molar-refractivity contribution in [2.75, 3.05) is 39.6 Å². The Balaban J connectivity index is 5.19. The highest BCUT2D eigenvalue weighted by atomic mass is 31.2. The number of aliphatic hydroxyl groups excluding tert-OH is 1. The summed E-state index contributed by atoms with van der Waals surface area (Å²) in [7, 11) is -9.91. The molecule has 0 aromatic heterocycles. The summed E-state index contributed by atoms with van der Waals surface area (Å²) in [6.45, 7) is 9.60. The summed E-state index contributed by atoms with van der Waals surface area (Å²) < 4.78 is 68.6. The van der Waals surface area contributed by atoms with Crippen LogP contribution < -0.4 is 0 Å². The van der Waals surface area contributed by atoms with Crippen molar-refractivity contribution in [3.05, 3.63) is 0 Å². The molecule has 0 rings (SSSR count). The van der Waals surface area contributed by atoms with Gasteiger partial charge in [-0.3, -0.25) is 37.3 Å².